The highest BCUT2D eigenvalue weighted by molar-refractivity contribution is 6.09. The average molecular weight is 347 g/mol. The number of nitrogens with one attached hydrogen (secondary N) is 2. The van der Waals surface area contributed by atoms with Crippen LogP contribution in [0.5, 0.6) is 0 Å². The van der Waals surface area contributed by atoms with Crippen LogP contribution in [0.25, 0.3) is 11.6 Å². The number of carbonyl (C=O) groups is 1. The van der Waals surface area contributed by atoms with Gasteiger partial charge < -0.3 is 21.4 Å². The van der Waals surface area contributed by atoms with Crippen molar-refractivity contribution in [1.29, 1.82) is 5.41 Å². The van der Waals surface area contributed by atoms with Crippen LogP contribution >= 0.6 is 0 Å². The van der Waals surface area contributed by atoms with Gasteiger partial charge in [0.15, 0.2) is 0 Å². The van der Waals surface area contributed by atoms with Crippen LogP contribution in [0.3, 0.4) is 0 Å². The molecule has 0 saturated carbocycles. The highest BCUT2D eigenvalue weighted by Gasteiger charge is 2.12. The van der Waals surface area contributed by atoms with Crippen LogP contribution < -0.4 is 16.0 Å². The van der Waals surface area contributed by atoms with Gasteiger partial charge in [-0.1, -0.05) is 12.2 Å². The number of aromatic nitrogens is 1. The Hall–Kier alpha value is -3.41. The lowest BCUT2D eigenvalue weighted by Gasteiger charge is -2.16. The average Bonchev–Trinajstić information content (AvgIpc) is 3.15. The summed E-state index contributed by atoms with van der Waals surface area (Å²) in [5, 5.41) is 10.8. The molecule has 0 aliphatic carbocycles. The fourth-order valence-electron chi connectivity index (χ4n) is 2.99. The Balaban J connectivity index is 1.77. The van der Waals surface area contributed by atoms with E-state index in [1.807, 2.05) is 30.4 Å². The third kappa shape index (κ3) is 3.64. The second-order valence-corrected chi connectivity index (χ2v) is 5.91. The topological polar surface area (TPSA) is 95.1 Å². The lowest BCUT2D eigenvalue weighted by molar-refractivity contribution is -0.107. The van der Waals surface area contributed by atoms with E-state index in [2.05, 4.69) is 16.4 Å². The smallest absolute Gasteiger partial charge is 0.214 e. The first-order valence-electron chi connectivity index (χ1n) is 8.39. The van der Waals surface area contributed by atoms with E-state index < -0.39 is 0 Å². The van der Waals surface area contributed by atoms with Crippen LogP contribution in [0.2, 0.25) is 0 Å². The van der Waals surface area contributed by atoms with Gasteiger partial charge >= 0.3 is 0 Å². The summed E-state index contributed by atoms with van der Waals surface area (Å²) in [6, 6.07) is 7.82. The van der Waals surface area contributed by atoms with E-state index in [0.29, 0.717) is 12.1 Å². The molecule has 132 valence electrons. The van der Waals surface area contributed by atoms with Crippen LogP contribution in [-0.2, 0) is 11.2 Å². The Labute approximate surface area is 152 Å². The van der Waals surface area contributed by atoms with Gasteiger partial charge in [-0.25, -0.2) is 0 Å². The summed E-state index contributed by atoms with van der Waals surface area (Å²) in [6.07, 6.45) is 11.6. The fourth-order valence-corrected chi connectivity index (χ4v) is 2.99. The van der Waals surface area contributed by atoms with Gasteiger partial charge in [0.1, 0.15) is 0 Å². The number of pyridine rings is 1. The maximum Gasteiger partial charge on any atom is 0.214 e. The van der Waals surface area contributed by atoms with Crippen LogP contribution in [0.15, 0.2) is 48.9 Å². The number of benzene rings is 1. The number of allylic oxidation sites excluding steroid dienone is 1. The molecule has 2 heterocycles. The number of carbonyl (C=O) groups excluding carboxylic acids is 1. The van der Waals surface area contributed by atoms with E-state index in [0.717, 1.165) is 41.9 Å². The number of hydrogen-bond acceptors (Lipinski definition) is 5. The summed E-state index contributed by atoms with van der Waals surface area (Å²) in [5.74, 6) is 0. The Morgan fingerprint density at radius 3 is 3.04 bits per heavy atom. The predicted octanol–water partition coefficient (Wildman–Crippen LogP) is 2.67. The van der Waals surface area contributed by atoms with Crippen molar-refractivity contribution in [3.8, 4) is 0 Å². The van der Waals surface area contributed by atoms with E-state index in [4.69, 9.17) is 11.1 Å². The van der Waals surface area contributed by atoms with Crippen LogP contribution in [0, 0.1) is 5.41 Å². The van der Waals surface area contributed by atoms with Crippen molar-refractivity contribution >= 4 is 35.6 Å². The minimum Gasteiger partial charge on any atom is -0.404 e. The molecular formula is C20H21N5O. The fraction of sp³-hybridized carbons (Fsp3) is 0.150. The van der Waals surface area contributed by atoms with E-state index in [-0.39, 0.29) is 0 Å². The van der Waals surface area contributed by atoms with Gasteiger partial charge in [0.25, 0.3) is 0 Å². The molecule has 6 heteroatoms. The third-order valence-corrected chi connectivity index (χ3v) is 4.35. The van der Waals surface area contributed by atoms with Gasteiger partial charge in [-0.3, -0.25) is 9.78 Å². The predicted molar refractivity (Wildman–Crippen MR) is 106 cm³/mol. The molecule has 6 nitrogen and oxygen atoms in total. The van der Waals surface area contributed by atoms with Crippen molar-refractivity contribution in [2.45, 2.75) is 6.42 Å². The van der Waals surface area contributed by atoms with Crippen molar-refractivity contribution < 1.29 is 4.79 Å². The molecule has 2 aromatic rings. The Bertz CT molecular complexity index is 872. The Morgan fingerprint density at radius 2 is 2.27 bits per heavy atom. The monoisotopic (exact) mass is 347 g/mol. The largest absolute Gasteiger partial charge is 0.404 e. The zero-order chi connectivity index (χ0) is 18.4. The third-order valence-electron chi connectivity index (χ3n) is 4.35. The molecule has 26 heavy (non-hydrogen) atoms. The summed E-state index contributed by atoms with van der Waals surface area (Å²) in [6.45, 7) is 1.38. The number of nitrogens with zero attached hydrogens (tertiary/aromatic N) is 2. The molecule has 1 aliphatic rings. The van der Waals surface area contributed by atoms with Crippen LogP contribution in [0.1, 0.15) is 16.7 Å². The number of nitrogens with two attached hydrogens (primary N) is 1. The molecule has 1 amide bonds. The van der Waals surface area contributed by atoms with Crippen LogP contribution in [0.4, 0.5) is 11.4 Å². The molecule has 0 unspecified atom stereocenters. The molecule has 1 aromatic carbocycles. The van der Waals surface area contributed by atoms with Crippen LogP contribution in [-0.4, -0.2) is 30.7 Å². The summed E-state index contributed by atoms with van der Waals surface area (Å²) >= 11 is 0. The van der Waals surface area contributed by atoms with Gasteiger partial charge in [-0.05, 0) is 41.8 Å². The lowest BCUT2D eigenvalue weighted by Crippen LogP contribution is -2.20. The zero-order valence-corrected chi connectivity index (χ0v) is 14.4. The Kier molecular flexibility index (Phi) is 5.43. The lowest BCUT2D eigenvalue weighted by atomic mass is 10.0. The van der Waals surface area contributed by atoms with Gasteiger partial charge in [0, 0.05) is 60.4 Å². The number of fused-ring (bicyclic) bond motifs is 1. The first-order chi connectivity index (χ1) is 12.8. The maximum atomic E-state index is 11.5. The zero-order valence-electron chi connectivity index (χ0n) is 14.4. The summed E-state index contributed by atoms with van der Waals surface area (Å²) in [4.78, 5) is 17.3. The Morgan fingerprint density at radius 1 is 1.38 bits per heavy atom. The first-order valence-corrected chi connectivity index (χ1v) is 8.39. The molecular weight excluding hydrogens is 326 g/mol. The normalized spacial score (nSPS) is 13.3. The van der Waals surface area contributed by atoms with Crippen molar-refractivity contribution in [3.63, 3.8) is 0 Å². The van der Waals surface area contributed by atoms with Crippen molar-refractivity contribution in [1.82, 2.24) is 4.98 Å². The molecule has 4 N–H and O–H groups in total. The summed E-state index contributed by atoms with van der Waals surface area (Å²) < 4.78 is 0. The number of amides is 1. The van der Waals surface area contributed by atoms with Crippen molar-refractivity contribution in [2.24, 2.45) is 5.73 Å². The molecule has 0 fully saturated rings. The first kappa shape index (κ1) is 17.4. The number of anilines is 2. The minimum atomic E-state index is 0.441. The minimum absolute atomic E-state index is 0.441. The van der Waals surface area contributed by atoms with E-state index in [9.17, 15) is 4.79 Å². The molecule has 1 aliphatic heterocycles. The van der Waals surface area contributed by atoms with E-state index in [1.165, 1.54) is 18.0 Å². The quantitative estimate of drug-likeness (QED) is 0.530. The number of rotatable bonds is 7. The maximum absolute atomic E-state index is 11.5. The SMILES string of the molecule is N=C/C(=C\N)c1ccncc1/C=C/CN(C=O)c1ccc2c(c1)CCN2. The number of hydrogen-bond donors (Lipinski definition) is 3. The van der Waals surface area contributed by atoms with E-state index in [1.54, 1.807) is 17.3 Å². The molecule has 0 spiro atoms. The molecule has 1 aromatic heterocycles. The summed E-state index contributed by atoms with van der Waals surface area (Å²) in [7, 11) is 0. The van der Waals surface area contributed by atoms with Gasteiger partial charge in [0.2, 0.25) is 6.41 Å². The van der Waals surface area contributed by atoms with Crippen molar-refractivity contribution in [2.75, 3.05) is 23.3 Å². The highest BCUT2D eigenvalue weighted by Crippen LogP contribution is 2.27. The molecule has 3 rings (SSSR count). The molecule has 0 radical (unpaired) electrons. The second-order valence-electron chi connectivity index (χ2n) is 5.91. The summed E-state index contributed by atoms with van der Waals surface area (Å²) in [5.41, 5.74) is 11.1. The van der Waals surface area contributed by atoms with E-state index >= 15 is 0 Å². The second kappa shape index (κ2) is 8.11. The van der Waals surface area contributed by atoms with Crippen molar-refractivity contribution in [3.05, 3.63) is 65.6 Å². The van der Waals surface area contributed by atoms with Gasteiger partial charge in [0.05, 0.1) is 0 Å². The molecule has 0 saturated heterocycles. The standard InChI is InChI=1S/C20H21N5O/c21-11-17(12-22)19-6-7-23-13-16(19)2-1-9-25(14-26)18-3-4-20-15(10-18)5-8-24-20/h1-4,6-7,10-14,21,24H,5,8-9,22H2/b2-1+,17-12+,21-11?. The highest BCUT2D eigenvalue weighted by atomic mass is 16.1. The molecule has 0 bridgehead atoms. The van der Waals surface area contributed by atoms with Gasteiger partial charge in [-0.15, -0.1) is 0 Å². The van der Waals surface area contributed by atoms with Gasteiger partial charge in [-0.2, -0.15) is 0 Å². The molecule has 0 atom stereocenters.